The monoisotopic (exact) mass is 800 g/mol. The Bertz CT molecular complexity index is 38.3. The van der Waals surface area contributed by atoms with E-state index in [1.165, 1.54) is 0 Å². The van der Waals surface area contributed by atoms with Gasteiger partial charge in [0.15, 0.2) is 0 Å². The zero-order chi connectivity index (χ0) is 3.41. The average Bonchev–Trinajstić information content (AvgIpc) is 1.37. The van der Waals surface area contributed by atoms with Gasteiger partial charge in [-0.3, -0.25) is 0 Å². The maximum Gasteiger partial charge on any atom is 2.00 e. The van der Waals surface area contributed by atoms with Crippen LogP contribution in [-0.4, -0.2) is 0 Å². The van der Waals surface area contributed by atoms with Gasteiger partial charge in [0.05, 0.1) is 0 Å². The average molecular weight is 798 g/mol. The van der Waals surface area contributed by atoms with Crippen molar-refractivity contribution >= 4 is 0 Å². The first-order chi connectivity index (χ1) is 1.91. The Balaban J connectivity index is -0.00000000214. The van der Waals surface area contributed by atoms with E-state index < -0.39 is 0 Å². The second kappa shape index (κ2) is 70.2. The Morgan fingerprint density at radius 1 is 0.636 bits per heavy atom. The van der Waals surface area contributed by atoms with Crippen molar-refractivity contribution in [3.05, 3.63) is 25.3 Å². The van der Waals surface area contributed by atoms with Crippen LogP contribution in [0.2, 0.25) is 0 Å². The summed E-state index contributed by atoms with van der Waals surface area (Å²) in [7, 11) is 0. The molecule has 0 aromatic rings. The first-order valence-electron chi connectivity index (χ1n) is 1.15. The summed E-state index contributed by atoms with van der Waals surface area (Å²) in [5.41, 5.74) is 0. The van der Waals surface area contributed by atoms with Crippen molar-refractivity contribution in [2.24, 2.45) is 0 Å². The molecule has 7 heteroatoms. The molecule has 0 aromatic carbocycles. The van der Waals surface area contributed by atoms with Crippen LogP contribution in [-0.2, 0) is 83.0 Å². The van der Waals surface area contributed by atoms with E-state index in [0.29, 0.717) is 0 Å². The molecule has 0 aromatic heterocycles. The fourth-order valence-corrected chi connectivity index (χ4v) is 0. The van der Waals surface area contributed by atoms with Gasteiger partial charge in [-0.25, -0.2) is 0 Å². The van der Waals surface area contributed by atoms with Gasteiger partial charge in [0.25, 0.3) is 0 Å². The van der Waals surface area contributed by atoms with Crippen LogP contribution >= 0.6 is 0 Å². The standard InChI is InChI=1S/C4H6.4ClH.3Hg/c1-3-4-2;;;;;;;/h3-4H,1-2H2;4*1H;;;/q;;;;;;2*+2/p-4. The maximum atomic E-state index is 3.36. The van der Waals surface area contributed by atoms with Crippen molar-refractivity contribution in [1.82, 2.24) is 0 Å². The molecule has 0 rings (SSSR count). The van der Waals surface area contributed by atoms with Crippen LogP contribution in [0.3, 0.4) is 0 Å². The predicted molar refractivity (Wildman–Crippen MR) is 20.4 cm³/mol. The smallest absolute Gasteiger partial charge is 1.00 e. The number of allylic oxidation sites excluding steroid dienone is 2. The largest absolute Gasteiger partial charge is 2.00 e. The van der Waals surface area contributed by atoms with Crippen LogP contribution in [0.25, 0.3) is 0 Å². The molecule has 11 heavy (non-hydrogen) atoms. The Hall–Kier alpha value is 3.45. The molecule has 0 amide bonds. The van der Waals surface area contributed by atoms with Gasteiger partial charge in [-0.1, -0.05) is 25.3 Å². The number of halogens is 4. The summed E-state index contributed by atoms with van der Waals surface area (Å²) < 4.78 is 0. The van der Waals surface area contributed by atoms with Crippen LogP contribution in [0.4, 0.5) is 0 Å². The van der Waals surface area contributed by atoms with Gasteiger partial charge in [-0.15, -0.1) is 0 Å². The third-order valence-electron chi connectivity index (χ3n) is 0.167. The molecule has 0 radical (unpaired) electrons. The van der Waals surface area contributed by atoms with Gasteiger partial charge in [0.1, 0.15) is 0 Å². The second-order valence-electron chi connectivity index (χ2n) is 0.471. The van der Waals surface area contributed by atoms with Gasteiger partial charge >= 0.3 is 55.3 Å². The van der Waals surface area contributed by atoms with Crippen LogP contribution in [0.1, 0.15) is 0 Å². The number of hydrogen-bond donors (Lipinski definition) is 0. The normalized spacial score (nSPS) is 1.82. The SMILES string of the molecule is C=CC=C.[Cl-].[Cl-].[Cl-].[Cl-].[Hg+2].[Hg+2].[Hg]. The molecule has 0 aliphatic carbocycles. The van der Waals surface area contributed by atoms with Gasteiger partial charge < -0.3 is 49.6 Å². The van der Waals surface area contributed by atoms with E-state index in [9.17, 15) is 0 Å². The molecule has 0 unspecified atom stereocenters. The molecule has 0 N–H and O–H groups in total. The second-order valence-corrected chi connectivity index (χ2v) is 0.471. The number of hydrogen-bond acceptors (Lipinski definition) is 0. The minimum Gasteiger partial charge on any atom is -1.00 e. The van der Waals surface area contributed by atoms with E-state index in [1.54, 1.807) is 12.2 Å². The molecule has 0 heterocycles. The van der Waals surface area contributed by atoms with Crippen LogP contribution in [0.15, 0.2) is 25.3 Å². The molecule has 0 nitrogen and oxygen atoms in total. The Labute approximate surface area is 155 Å². The van der Waals surface area contributed by atoms with Crippen LogP contribution in [0, 0.1) is 0 Å². The molecule has 0 fully saturated rings. The zero-order valence-electron chi connectivity index (χ0n) is 6.20. The predicted octanol–water partition coefficient (Wildman–Crippen LogP) is -10.6. The van der Waals surface area contributed by atoms with E-state index in [0.717, 1.165) is 0 Å². The van der Waals surface area contributed by atoms with Crippen LogP contribution in [0.5, 0.6) is 0 Å². The fraction of sp³-hybridized carbons (Fsp3) is 0. The molecular weight excluding hydrogens is 792 g/mol. The maximum absolute atomic E-state index is 3.36. The molecule has 56 valence electrons. The summed E-state index contributed by atoms with van der Waals surface area (Å²) in [6.45, 7) is 6.72. The summed E-state index contributed by atoms with van der Waals surface area (Å²) in [5.74, 6) is 0. The third kappa shape index (κ3) is 89.1. The Morgan fingerprint density at radius 3 is 0.727 bits per heavy atom. The van der Waals surface area contributed by atoms with Gasteiger partial charge in [-0.05, 0) is 0 Å². The van der Waals surface area contributed by atoms with E-state index in [-0.39, 0.29) is 133 Å². The quantitative estimate of drug-likeness (QED) is 0.183. The van der Waals surface area contributed by atoms with E-state index in [4.69, 9.17) is 0 Å². The first kappa shape index (κ1) is 62.9. The van der Waals surface area contributed by atoms with Crippen LogP contribution < -0.4 is 49.6 Å². The molecule has 0 spiro atoms. The molecule has 0 aliphatic rings. The van der Waals surface area contributed by atoms with Gasteiger partial charge in [0.2, 0.25) is 0 Å². The van der Waals surface area contributed by atoms with Crippen molar-refractivity contribution < 1.29 is 133 Å². The Kier molecular flexibility index (Phi) is 401. The summed E-state index contributed by atoms with van der Waals surface area (Å²) in [4.78, 5) is 0. The molecule has 0 aliphatic heterocycles. The van der Waals surface area contributed by atoms with Crippen molar-refractivity contribution in [3.8, 4) is 0 Å². The summed E-state index contributed by atoms with van der Waals surface area (Å²) in [6.07, 6.45) is 3.28. The summed E-state index contributed by atoms with van der Waals surface area (Å²) in [6, 6.07) is 0. The third-order valence-corrected chi connectivity index (χ3v) is 0.167. The summed E-state index contributed by atoms with van der Waals surface area (Å²) >= 11 is 0. The zero-order valence-corrected chi connectivity index (χ0v) is 25.7. The van der Waals surface area contributed by atoms with Gasteiger partial charge in [-0.2, -0.15) is 0 Å². The fourth-order valence-electron chi connectivity index (χ4n) is 0. The molecule has 0 saturated carbocycles. The molecular formula is C4H6Cl4Hg3. The topological polar surface area (TPSA) is 0 Å². The van der Waals surface area contributed by atoms with Crippen molar-refractivity contribution in [3.63, 3.8) is 0 Å². The molecule has 0 atom stereocenters. The first-order valence-corrected chi connectivity index (χ1v) is 1.15. The van der Waals surface area contributed by atoms with Gasteiger partial charge in [0, 0.05) is 27.7 Å². The Morgan fingerprint density at radius 2 is 0.727 bits per heavy atom. The van der Waals surface area contributed by atoms with Crippen molar-refractivity contribution in [1.29, 1.82) is 0 Å². The summed E-state index contributed by atoms with van der Waals surface area (Å²) in [5, 5.41) is 0. The number of rotatable bonds is 1. The minimum atomic E-state index is 0. The molecule has 0 saturated heterocycles. The van der Waals surface area contributed by atoms with Crippen molar-refractivity contribution in [2.45, 2.75) is 0 Å². The molecule has 0 bridgehead atoms. The van der Waals surface area contributed by atoms with E-state index in [1.807, 2.05) is 0 Å². The van der Waals surface area contributed by atoms with E-state index in [2.05, 4.69) is 13.2 Å². The minimum absolute atomic E-state index is 0. The van der Waals surface area contributed by atoms with Crippen molar-refractivity contribution in [2.75, 3.05) is 0 Å². The van der Waals surface area contributed by atoms with E-state index >= 15 is 0 Å².